The van der Waals surface area contributed by atoms with E-state index in [1.54, 1.807) is 19.3 Å². The molecule has 0 spiro atoms. The molecule has 4 nitrogen and oxygen atoms in total. The average molecular weight is 470 g/mol. The lowest BCUT2D eigenvalue weighted by Gasteiger charge is -2.32. The van der Waals surface area contributed by atoms with Crippen molar-refractivity contribution in [1.29, 1.82) is 0 Å². The topological polar surface area (TPSA) is 60.2 Å². The zero-order chi connectivity index (χ0) is 24.1. The molecule has 4 rings (SSSR count). The Morgan fingerprint density at radius 2 is 1.88 bits per heavy atom. The first-order valence-corrected chi connectivity index (χ1v) is 11.7. The highest BCUT2D eigenvalue weighted by molar-refractivity contribution is 5.83. The van der Waals surface area contributed by atoms with E-state index in [-0.39, 0.29) is 17.4 Å². The number of aromatic nitrogens is 1. The van der Waals surface area contributed by atoms with Crippen LogP contribution in [-0.4, -0.2) is 30.7 Å². The number of fused-ring (bicyclic) bond motifs is 1. The van der Waals surface area contributed by atoms with Crippen LogP contribution in [0, 0.1) is 23.4 Å². The molecular weight excluding hydrogens is 439 g/mol. The van der Waals surface area contributed by atoms with Crippen molar-refractivity contribution in [3.05, 3.63) is 77.2 Å². The van der Waals surface area contributed by atoms with Crippen LogP contribution in [0.25, 0.3) is 17.0 Å². The van der Waals surface area contributed by atoms with E-state index in [4.69, 9.17) is 10.5 Å². The predicted molar refractivity (Wildman–Crippen MR) is 129 cm³/mol. The van der Waals surface area contributed by atoms with E-state index in [9.17, 15) is 13.2 Å². The van der Waals surface area contributed by atoms with Crippen molar-refractivity contribution < 1.29 is 17.9 Å². The van der Waals surface area contributed by atoms with Gasteiger partial charge in [0, 0.05) is 35.1 Å². The monoisotopic (exact) mass is 469 g/mol. The second-order valence-electron chi connectivity index (χ2n) is 8.92. The van der Waals surface area contributed by atoms with Crippen LogP contribution >= 0.6 is 0 Å². The van der Waals surface area contributed by atoms with Gasteiger partial charge in [-0.05, 0) is 74.4 Å². The summed E-state index contributed by atoms with van der Waals surface area (Å²) in [4.78, 5) is 4.19. The van der Waals surface area contributed by atoms with E-state index in [1.807, 2.05) is 18.2 Å². The minimum absolute atomic E-state index is 0.150. The zero-order valence-corrected chi connectivity index (χ0v) is 19.2. The van der Waals surface area contributed by atoms with Crippen LogP contribution in [-0.2, 0) is 6.42 Å². The fraction of sp³-hybridized carbons (Fsp3) is 0.370. The predicted octanol–water partition coefficient (Wildman–Crippen LogP) is 5.39. The van der Waals surface area contributed by atoms with Gasteiger partial charge >= 0.3 is 0 Å². The van der Waals surface area contributed by atoms with Crippen LogP contribution in [0.15, 0.2) is 48.7 Å². The van der Waals surface area contributed by atoms with Gasteiger partial charge in [-0.25, -0.2) is 13.2 Å². The molecule has 180 valence electrons. The van der Waals surface area contributed by atoms with Crippen molar-refractivity contribution in [2.45, 2.75) is 44.2 Å². The maximum absolute atomic E-state index is 14.7. The van der Waals surface area contributed by atoms with E-state index in [1.165, 1.54) is 12.3 Å². The summed E-state index contributed by atoms with van der Waals surface area (Å²) < 4.78 is 46.9. The number of hydrogen-bond donors (Lipinski definition) is 2. The van der Waals surface area contributed by atoms with Crippen LogP contribution < -0.4 is 15.8 Å². The van der Waals surface area contributed by atoms with Crippen molar-refractivity contribution in [2.24, 2.45) is 11.7 Å². The van der Waals surface area contributed by atoms with Gasteiger partial charge in [0.1, 0.15) is 23.2 Å². The van der Waals surface area contributed by atoms with Gasteiger partial charge in [0.25, 0.3) is 0 Å². The quantitative estimate of drug-likeness (QED) is 0.464. The van der Waals surface area contributed by atoms with Gasteiger partial charge in [-0.3, -0.25) is 4.98 Å². The summed E-state index contributed by atoms with van der Waals surface area (Å²) in [7, 11) is 1.58. The van der Waals surface area contributed by atoms with E-state index in [0.29, 0.717) is 36.2 Å². The molecule has 3 aromatic rings. The van der Waals surface area contributed by atoms with Gasteiger partial charge in [-0.2, -0.15) is 0 Å². The molecule has 1 unspecified atom stereocenters. The maximum atomic E-state index is 14.7. The third-order valence-corrected chi connectivity index (χ3v) is 6.73. The van der Waals surface area contributed by atoms with Gasteiger partial charge in [-0.15, -0.1) is 0 Å². The standard InChI is InChI=1S/C27H30F3N3O/c1-34-21-9-11-27-23(14-21)22(25(30)16-33-27)15-26(31)17-4-7-20(8-5-17)32-12-2-3-18-13-19(28)6-10-24(18)29/h2-3,6,9-11,13-14,16-17,20,26,32H,4-5,7-8,12,15,31H2,1H3/t17-,20+,26?. The van der Waals surface area contributed by atoms with E-state index in [2.05, 4.69) is 10.3 Å². The molecule has 1 saturated carbocycles. The van der Waals surface area contributed by atoms with Crippen molar-refractivity contribution in [3.8, 4) is 5.75 Å². The lowest BCUT2D eigenvalue weighted by atomic mass is 9.79. The summed E-state index contributed by atoms with van der Waals surface area (Å²) in [6, 6.07) is 9.07. The molecule has 34 heavy (non-hydrogen) atoms. The minimum Gasteiger partial charge on any atom is -0.497 e. The number of nitrogens with one attached hydrogen (secondary N) is 1. The highest BCUT2D eigenvalue weighted by atomic mass is 19.1. The SMILES string of the molecule is COc1ccc2ncc(F)c(CC(N)[C@H]3CC[C@@H](NCC=Cc4cc(F)ccc4F)CC3)c2c1. The van der Waals surface area contributed by atoms with Crippen molar-refractivity contribution >= 4 is 17.0 Å². The Labute approximate surface area is 198 Å². The number of benzene rings is 2. The van der Waals surface area contributed by atoms with E-state index >= 15 is 0 Å². The molecule has 0 saturated heterocycles. The van der Waals surface area contributed by atoms with E-state index < -0.39 is 11.6 Å². The third-order valence-electron chi connectivity index (χ3n) is 6.73. The highest BCUT2D eigenvalue weighted by Crippen LogP contribution is 2.30. The Morgan fingerprint density at radius 1 is 1.09 bits per heavy atom. The summed E-state index contributed by atoms with van der Waals surface area (Å²) in [6.07, 6.45) is 8.95. The lowest BCUT2D eigenvalue weighted by molar-refractivity contribution is 0.260. The van der Waals surface area contributed by atoms with Crippen LogP contribution in [0.2, 0.25) is 0 Å². The largest absolute Gasteiger partial charge is 0.497 e. The van der Waals surface area contributed by atoms with Crippen molar-refractivity contribution in [3.63, 3.8) is 0 Å². The van der Waals surface area contributed by atoms with Gasteiger partial charge in [-0.1, -0.05) is 12.2 Å². The van der Waals surface area contributed by atoms with Crippen molar-refractivity contribution in [2.75, 3.05) is 13.7 Å². The van der Waals surface area contributed by atoms with Crippen LogP contribution in [0.4, 0.5) is 13.2 Å². The first-order valence-electron chi connectivity index (χ1n) is 11.7. The molecule has 1 heterocycles. The zero-order valence-electron chi connectivity index (χ0n) is 19.2. The molecule has 1 fully saturated rings. The van der Waals surface area contributed by atoms with Crippen LogP contribution in [0.5, 0.6) is 5.75 Å². The number of hydrogen-bond acceptors (Lipinski definition) is 4. The second-order valence-corrected chi connectivity index (χ2v) is 8.92. The third kappa shape index (κ3) is 5.77. The first-order chi connectivity index (χ1) is 16.4. The molecule has 7 heteroatoms. The van der Waals surface area contributed by atoms with Gasteiger partial charge in [0.15, 0.2) is 0 Å². The van der Waals surface area contributed by atoms with Gasteiger partial charge in [0.05, 0.1) is 18.8 Å². The van der Waals surface area contributed by atoms with Crippen LogP contribution in [0.3, 0.4) is 0 Å². The normalized spacial score (nSPS) is 19.6. The smallest absolute Gasteiger partial charge is 0.145 e. The Hall–Kier alpha value is -2.90. The number of rotatable bonds is 8. The number of nitrogens with zero attached hydrogens (tertiary/aromatic N) is 1. The Bertz CT molecular complexity index is 1160. The molecular formula is C27H30F3N3O. The molecule has 3 N–H and O–H groups in total. The molecule has 0 radical (unpaired) electrons. The van der Waals surface area contributed by atoms with Crippen molar-refractivity contribution in [1.82, 2.24) is 10.3 Å². The number of nitrogens with two attached hydrogens (primary N) is 1. The molecule has 0 bridgehead atoms. The molecule has 2 aromatic carbocycles. The molecule has 0 amide bonds. The fourth-order valence-electron chi connectivity index (χ4n) is 4.75. The second kappa shape index (κ2) is 11.0. The fourth-order valence-corrected chi connectivity index (χ4v) is 4.75. The summed E-state index contributed by atoms with van der Waals surface area (Å²) >= 11 is 0. The Kier molecular flexibility index (Phi) is 7.85. The molecule has 1 aromatic heterocycles. The molecule has 1 aliphatic carbocycles. The molecule has 1 atom stereocenters. The minimum atomic E-state index is -0.456. The number of pyridine rings is 1. The summed E-state index contributed by atoms with van der Waals surface area (Å²) in [5.41, 5.74) is 8.11. The Morgan fingerprint density at radius 3 is 2.65 bits per heavy atom. The van der Waals surface area contributed by atoms with Gasteiger partial charge < -0.3 is 15.8 Å². The average Bonchev–Trinajstić information content (AvgIpc) is 2.85. The highest BCUT2D eigenvalue weighted by Gasteiger charge is 2.26. The van der Waals surface area contributed by atoms with Gasteiger partial charge in [0.2, 0.25) is 0 Å². The summed E-state index contributed by atoms with van der Waals surface area (Å²) in [5, 5.41) is 4.20. The molecule has 0 aliphatic heterocycles. The first kappa shape index (κ1) is 24.2. The maximum Gasteiger partial charge on any atom is 0.145 e. The number of halogens is 3. The summed E-state index contributed by atoms with van der Waals surface area (Å²) in [5.74, 6) is -0.266. The summed E-state index contributed by atoms with van der Waals surface area (Å²) in [6.45, 7) is 0.577. The van der Waals surface area contributed by atoms with Crippen LogP contribution in [0.1, 0.15) is 36.8 Å². The van der Waals surface area contributed by atoms with E-state index in [0.717, 1.165) is 48.7 Å². The molecule has 1 aliphatic rings. The number of methoxy groups -OCH3 is 1. The Balaban J connectivity index is 1.30. The lowest BCUT2D eigenvalue weighted by Crippen LogP contribution is -2.40. The number of ether oxygens (including phenoxy) is 1.